The van der Waals surface area contributed by atoms with Gasteiger partial charge in [0.1, 0.15) is 16.8 Å². The first-order chi connectivity index (χ1) is 16.9. The molecule has 3 aromatic carbocycles. The Bertz CT molecular complexity index is 1380. The first-order valence-electron chi connectivity index (χ1n) is 11.3. The lowest BCUT2D eigenvalue weighted by atomic mass is 10.1. The number of thiocarbonyl (C=S) groups is 1. The molecule has 4 aromatic rings. The zero-order valence-corrected chi connectivity index (χ0v) is 22.2. The number of nitrogens with one attached hydrogen (secondary N) is 2. The molecule has 0 saturated carbocycles. The molecule has 1 aromatic heterocycles. The van der Waals surface area contributed by atoms with E-state index in [1.807, 2.05) is 31.2 Å². The summed E-state index contributed by atoms with van der Waals surface area (Å²) in [5.41, 5.74) is 5.86. The third kappa shape index (κ3) is 5.86. The fourth-order valence-electron chi connectivity index (χ4n) is 3.63. The maximum Gasteiger partial charge on any atom is 0.257 e. The maximum atomic E-state index is 12.6. The van der Waals surface area contributed by atoms with Crippen LogP contribution in [0, 0.1) is 6.92 Å². The topological polar surface area (TPSA) is 81.1 Å². The minimum atomic E-state index is -0.321. The average molecular weight is 552 g/mol. The molecule has 0 unspecified atom stereocenters. The molecular formula is C26H26BrN5O2S. The minimum Gasteiger partial charge on any atom is -0.496 e. The van der Waals surface area contributed by atoms with Crippen molar-refractivity contribution in [2.45, 2.75) is 33.1 Å². The SMILES string of the molecule is CCCCc1ccc(-n2nc3cc(C)c(NC(=S)NC(=O)c4ccc(OC)c(Br)c4)cc3n2)cc1. The molecule has 0 radical (unpaired) electrons. The van der Waals surface area contributed by atoms with Crippen LogP contribution in [0.2, 0.25) is 0 Å². The summed E-state index contributed by atoms with van der Waals surface area (Å²) < 4.78 is 5.89. The molecule has 2 N–H and O–H groups in total. The van der Waals surface area contributed by atoms with Crippen LogP contribution in [0.5, 0.6) is 5.75 Å². The molecule has 1 amide bonds. The molecule has 0 aliphatic rings. The van der Waals surface area contributed by atoms with Gasteiger partial charge in [-0.2, -0.15) is 4.80 Å². The van der Waals surface area contributed by atoms with Crippen LogP contribution in [0.4, 0.5) is 5.69 Å². The number of nitrogens with zero attached hydrogens (tertiary/aromatic N) is 3. The van der Waals surface area contributed by atoms with Gasteiger partial charge < -0.3 is 10.1 Å². The highest BCUT2D eigenvalue weighted by atomic mass is 79.9. The summed E-state index contributed by atoms with van der Waals surface area (Å²) in [5.74, 6) is 0.324. The van der Waals surface area contributed by atoms with Gasteiger partial charge >= 0.3 is 0 Å². The molecule has 0 fully saturated rings. The van der Waals surface area contributed by atoms with Gasteiger partial charge in [-0.15, -0.1) is 10.2 Å². The minimum absolute atomic E-state index is 0.194. The smallest absolute Gasteiger partial charge is 0.257 e. The van der Waals surface area contributed by atoms with E-state index in [2.05, 4.69) is 55.8 Å². The third-order valence-corrected chi connectivity index (χ3v) is 6.43. The zero-order valence-electron chi connectivity index (χ0n) is 19.8. The summed E-state index contributed by atoms with van der Waals surface area (Å²) in [6, 6.07) is 17.2. The van der Waals surface area contributed by atoms with Gasteiger partial charge in [0.15, 0.2) is 5.11 Å². The molecule has 1 heterocycles. The maximum absolute atomic E-state index is 12.6. The first kappa shape index (κ1) is 24.8. The predicted octanol–water partition coefficient (Wildman–Crippen LogP) is 5.97. The molecule has 0 aliphatic heterocycles. The summed E-state index contributed by atoms with van der Waals surface area (Å²) in [5, 5.41) is 15.3. The van der Waals surface area contributed by atoms with Crippen LogP contribution in [-0.2, 0) is 6.42 Å². The van der Waals surface area contributed by atoms with Crippen LogP contribution in [-0.4, -0.2) is 33.1 Å². The number of unbranched alkanes of at least 4 members (excludes halogenated alkanes) is 1. The number of carbonyl (C=O) groups excluding carboxylic acids is 1. The van der Waals surface area contributed by atoms with Gasteiger partial charge in [0.25, 0.3) is 5.91 Å². The summed E-state index contributed by atoms with van der Waals surface area (Å²) in [4.78, 5) is 14.2. The highest BCUT2D eigenvalue weighted by Crippen LogP contribution is 2.26. The lowest BCUT2D eigenvalue weighted by Crippen LogP contribution is -2.34. The highest BCUT2D eigenvalue weighted by Gasteiger charge is 2.13. The van der Waals surface area contributed by atoms with Crippen LogP contribution < -0.4 is 15.4 Å². The third-order valence-electron chi connectivity index (χ3n) is 5.60. The van der Waals surface area contributed by atoms with Crippen LogP contribution in [0.15, 0.2) is 59.1 Å². The van der Waals surface area contributed by atoms with E-state index in [0.717, 1.165) is 34.4 Å². The number of methoxy groups -OCH3 is 1. The molecule has 0 aliphatic carbocycles. The molecule has 0 spiro atoms. The number of fused-ring (bicyclic) bond motifs is 1. The summed E-state index contributed by atoms with van der Waals surface area (Å²) in [6.07, 6.45) is 3.43. The fraction of sp³-hybridized carbons (Fsp3) is 0.231. The van der Waals surface area contributed by atoms with Gasteiger partial charge in [-0.05, 0) is 102 Å². The molecule has 0 bridgehead atoms. The van der Waals surface area contributed by atoms with Crippen LogP contribution in [0.3, 0.4) is 0 Å². The number of hydrogen-bond acceptors (Lipinski definition) is 5. The number of aryl methyl sites for hydroxylation is 2. The van der Waals surface area contributed by atoms with E-state index in [0.29, 0.717) is 15.8 Å². The van der Waals surface area contributed by atoms with Crippen molar-refractivity contribution in [3.05, 3.63) is 75.8 Å². The van der Waals surface area contributed by atoms with Crippen molar-refractivity contribution < 1.29 is 9.53 Å². The standard InChI is InChI=1S/C26H26BrN5O2S/c1-4-5-6-17-7-10-19(11-8-17)32-30-22-13-16(2)21(15-23(22)31-32)28-26(35)29-25(33)18-9-12-24(34-3)20(27)14-18/h7-15H,4-6H2,1-3H3,(H2,28,29,33,35). The number of carbonyl (C=O) groups is 1. The van der Waals surface area contributed by atoms with Crippen LogP contribution in [0.1, 0.15) is 41.3 Å². The van der Waals surface area contributed by atoms with Gasteiger partial charge in [0, 0.05) is 11.3 Å². The second kappa shape index (κ2) is 11.0. The van der Waals surface area contributed by atoms with Crippen molar-refractivity contribution in [3.8, 4) is 11.4 Å². The highest BCUT2D eigenvalue weighted by molar-refractivity contribution is 9.10. The predicted molar refractivity (Wildman–Crippen MR) is 147 cm³/mol. The Kier molecular flexibility index (Phi) is 7.77. The van der Waals surface area contributed by atoms with Gasteiger partial charge in [-0.3, -0.25) is 10.1 Å². The van der Waals surface area contributed by atoms with E-state index < -0.39 is 0 Å². The van der Waals surface area contributed by atoms with E-state index in [4.69, 9.17) is 17.0 Å². The Morgan fingerprint density at radius 2 is 1.80 bits per heavy atom. The van der Waals surface area contributed by atoms with E-state index in [9.17, 15) is 4.79 Å². The van der Waals surface area contributed by atoms with Crippen molar-refractivity contribution in [3.63, 3.8) is 0 Å². The molecule has 9 heteroatoms. The van der Waals surface area contributed by atoms with Gasteiger partial charge in [0.05, 0.1) is 17.3 Å². The lowest BCUT2D eigenvalue weighted by molar-refractivity contribution is 0.0977. The zero-order chi connectivity index (χ0) is 24.9. The first-order valence-corrected chi connectivity index (χ1v) is 12.5. The average Bonchev–Trinajstić information content (AvgIpc) is 3.25. The molecule has 180 valence electrons. The summed E-state index contributed by atoms with van der Waals surface area (Å²) >= 11 is 8.77. The molecule has 0 atom stereocenters. The Balaban J connectivity index is 1.47. The lowest BCUT2D eigenvalue weighted by Gasteiger charge is -2.12. The number of halogens is 1. The van der Waals surface area contributed by atoms with Gasteiger partial charge in [-0.25, -0.2) is 0 Å². The van der Waals surface area contributed by atoms with Crippen molar-refractivity contribution >= 4 is 55.9 Å². The van der Waals surface area contributed by atoms with Gasteiger partial charge in [0.2, 0.25) is 0 Å². The Morgan fingerprint density at radius 3 is 2.46 bits per heavy atom. The van der Waals surface area contributed by atoms with Crippen molar-refractivity contribution in [2.24, 2.45) is 0 Å². The van der Waals surface area contributed by atoms with Crippen molar-refractivity contribution in [1.29, 1.82) is 0 Å². The summed E-state index contributed by atoms with van der Waals surface area (Å²) in [6.45, 7) is 4.15. The Morgan fingerprint density at radius 1 is 1.09 bits per heavy atom. The second-order valence-electron chi connectivity index (χ2n) is 8.17. The normalized spacial score (nSPS) is 10.9. The molecule has 35 heavy (non-hydrogen) atoms. The quantitative estimate of drug-likeness (QED) is 0.275. The monoisotopic (exact) mass is 551 g/mol. The number of aromatic nitrogens is 3. The second-order valence-corrected chi connectivity index (χ2v) is 9.44. The van der Waals surface area contributed by atoms with E-state index in [-0.39, 0.29) is 11.0 Å². The van der Waals surface area contributed by atoms with Crippen LogP contribution in [0.25, 0.3) is 16.7 Å². The molecular weight excluding hydrogens is 526 g/mol. The Labute approximate surface area is 218 Å². The number of anilines is 1. The molecule has 0 saturated heterocycles. The summed E-state index contributed by atoms with van der Waals surface area (Å²) in [7, 11) is 1.57. The molecule has 7 nitrogen and oxygen atoms in total. The molecule has 4 rings (SSSR count). The van der Waals surface area contributed by atoms with E-state index >= 15 is 0 Å². The largest absolute Gasteiger partial charge is 0.496 e. The number of hydrogen-bond donors (Lipinski definition) is 2. The Hall–Kier alpha value is -3.30. The number of rotatable bonds is 7. The van der Waals surface area contributed by atoms with Crippen molar-refractivity contribution in [2.75, 3.05) is 12.4 Å². The van der Waals surface area contributed by atoms with Gasteiger partial charge in [-0.1, -0.05) is 25.5 Å². The van der Waals surface area contributed by atoms with E-state index in [1.54, 1.807) is 30.1 Å². The van der Waals surface area contributed by atoms with Crippen molar-refractivity contribution in [1.82, 2.24) is 20.3 Å². The number of benzene rings is 3. The number of ether oxygens (including phenoxy) is 1. The van der Waals surface area contributed by atoms with Crippen LogP contribution >= 0.6 is 28.1 Å². The fourth-order valence-corrected chi connectivity index (χ4v) is 4.37. The number of amides is 1. The van der Waals surface area contributed by atoms with E-state index in [1.165, 1.54) is 18.4 Å².